The van der Waals surface area contributed by atoms with Gasteiger partial charge in [-0.05, 0) is 63.5 Å². The molecule has 0 saturated heterocycles. The van der Waals surface area contributed by atoms with E-state index in [1.165, 1.54) is 6.07 Å². The van der Waals surface area contributed by atoms with Crippen LogP contribution in [-0.2, 0) is 0 Å². The molecular formula is C23H18BrFN2O3. The van der Waals surface area contributed by atoms with Gasteiger partial charge in [0.25, 0.3) is 0 Å². The van der Waals surface area contributed by atoms with Crippen molar-refractivity contribution in [2.45, 2.75) is 18.6 Å². The Kier molecular flexibility index (Phi) is 4.92. The number of ether oxygens (including phenoxy) is 2. The standard InChI is InChI=1S/C23H18BrFN2O3/c24-16-9-14(5-7-17(16)25)23-26-18(13-6-8-21-22(10-13)30-12-29-21)11-19(27-23)15-3-1-2-4-20(15)28/h1-10,19,23,27-28H,11-12H2. The van der Waals surface area contributed by atoms with E-state index in [1.807, 2.05) is 30.3 Å². The maximum atomic E-state index is 13.8. The molecule has 0 aromatic heterocycles. The highest BCUT2D eigenvalue weighted by atomic mass is 79.9. The Morgan fingerprint density at radius 3 is 2.70 bits per heavy atom. The second-order valence-electron chi connectivity index (χ2n) is 7.20. The summed E-state index contributed by atoms with van der Waals surface area (Å²) in [5.74, 6) is 1.30. The van der Waals surface area contributed by atoms with Gasteiger partial charge < -0.3 is 14.6 Å². The van der Waals surface area contributed by atoms with Gasteiger partial charge >= 0.3 is 0 Å². The third-order valence-corrected chi connectivity index (χ3v) is 5.93. The van der Waals surface area contributed by atoms with E-state index in [0.717, 1.165) is 22.4 Å². The summed E-state index contributed by atoms with van der Waals surface area (Å²) < 4.78 is 25.1. The van der Waals surface area contributed by atoms with E-state index in [2.05, 4.69) is 21.2 Å². The second-order valence-corrected chi connectivity index (χ2v) is 8.06. The summed E-state index contributed by atoms with van der Waals surface area (Å²) in [6, 6.07) is 17.7. The van der Waals surface area contributed by atoms with Crippen LogP contribution in [0.5, 0.6) is 17.2 Å². The van der Waals surface area contributed by atoms with Crippen molar-refractivity contribution < 1.29 is 19.0 Å². The fourth-order valence-corrected chi connectivity index (χ4v) is 4.19. The van der Waals surface area contributed by atoms with Crippen molar-refractivity contribution in [3.63, 3.8) is 0 Å². The van der Waals surface area contributed by atoms with Gasteiger partial charge in [0.05, 0.1) is 4.47 Å². The molecule has 0 bridgehead atoms. The fourth-order valence-electron chi connectivity index (χ4n) is 3.79. The highest BCUT2D eigenvalue weighted by molar-refractivity contribution is 9.10. The summed E-state index contributed by atoms with van der Waals surface area (Å²) in [7, 11) is 0. The maximum Gasteiger partial charge on any atom is 0.231 e. The average molecular weight is 469 g/mol. The predicted octanol–water partition coefficient (Wildman–Crippen LogP) is 5.25. The second kappa shape index (κ2) is 7.74. The van der Waals surface area contributed by atoms with Crippen LogP contribution in [0, 0.1) is 5.82 Å². The lowest BCUT2D eigenvalue weighted by molar-refractivity contribution is 0.174. The molecule has 0 spiro atoms. The molecule has 2 N–H and O–H groups in total. The number of aromatic hydroxyl groups is 1. The van der Waals surface area contributed by atoms with Gasteiger partial charge in [0, 0.05) is 23.7 Å². The molecule has 30 heavy (non-hydrogen) atoms. The Hall–Kier alpha value is -2.90. The molecule has 0 fully saturated rings. The first-order valence-corrected chi connectivity index (χ1v) is 10.3. The molecule has 0 amide bonds. The lowest BCUT2D eigenvalue weighted by Gasteiger charge is -2.31. The normalized spacial score (nSPS) is 20.1. The number of nitrogens with one attached hydrogen (secondary N) is 1. The molecule has 5 nitrogen and oxygen atoms in total. The zero-order valence-corrected chi connectivity index (χ0v) is 17.4. The van der Waals surface area contributed by atoms with E-state index in [0.29, 0.717) is 22.4 Å². The Morgan fingerprint density at radius 2 is 1.87 bits per heavy atom. The molecule has 3 aromatic carbocycles. The Labute approximate surface area is 181 Å². The summed E-state index contributed by atoms with van der Waals surface area (Å²) >= 11 is 3.26. The number of hydrogen-bond donors (Lipinski definition) is 2. The van der Waals surface area contributed by atoms with E-state index >= 15 is 0 Å². The number of benzene rings is 3. The minimum Gasteiger partial charge on any atom is -0.508 e. The van der Waals surface area contributed by atoms with Crippen molar-refractivity contribution in [2.24, 2.45) is 4.99 Å². The van der Waals surface area contributed by atoms with Crippen LogP contribution in [-0.4, -0.2) is 17.6 Å². The topological polar surface area (TPSA) is 63.1 Å². The molecular weight excluding hydrogens is 451 g/mol. The first-order chi connectivity index (χ1) is 14.6. The fraction of sp³-hybridized carbons (Fsp3) is 0.174. The van der Waals surface area contributed by atoms with E-state index in [4.69, 9.17) is 14.5 Å². The van der Waals surface area contributed by atoms with Crippen LogP contribution >= 0.6 is 15.9 Å². The average Bonchev–Trinajstić information content (AvgIpc) is 3.23. The highest BCUT2D eigenvalue weighted by Gasteiger charge is 2.28. The largest absolute Gasteiger partial charge is 0.508 e. The van der Waals surface area contributed by atoms with Crippen molar-refractivity contribution in [3.8, 4) is 17.2 Å². The summed E-state index contributed by atoms with van der Waals surface area (Å²) in [6.07, 6.45) is 0.177. The quantitative estimate of drug-likeness (QED) is 0.551. The number of fused-ring (bicyclic) bond motifs is 1. The molecule has 2 aliphatic rings. The SMILES string of the molecule is Oc1ccccc1C1CC(c2ccc3c(c2)OCO3)=NC(c2ccc(F)c(Br)c2)N1. The Balaban J connectivity index is 1.57. The first kappa shape index (κ1) is 19.1. The third kappa shape index (κ3) is 3.55. The molecule has 2 heterocycles. The zero-order chi connectivity index (χ0) is 20.7. The monoisotopic (exact) mass is 468 g/mol. The van der Waals surface area contributed by atoms with Crippen molar-refractivity contribution in [2.75, 3.05) is 6.79 Å². The van der Waals surface area contributed by atoms with E-state index in [-0.39, 0.29) is 24.4 Å². The maximum absolute atomic E-state index is 13.8. The van der Waals surface area contributed by atoms with Crippen molar-refractivity contribution in [1.82, 2.24) is 5.32 Å². The molecule has 0 saturated carbocycles. The molecule has 0 radical (unpaired) electrons. The minimum absolute atomic E-state index is 0.169. The van der Waals surface area contributed by atoms with Crippen LogP contribution < -0.4 is 14.8 Å². The molecule has 152 valence electrons. The van der Waals surface area contributed by atoms with Crippen LogP contribution in [0.2, 0.25) is 0 Å². The zero-order valence-electron chi connectivity index (χ0n) is 15.8. The number of hydrogen-bond acceptors (Lipinski definition) is 5. The van der Waals surface area contributed by atoms with Gasteiger partial charge in [0.2, 0.25) is 6.79 Å². The van der Waals surface area contributed by atoms with Gasteiger partial charge in [-0.2, -0.15) is 0 Å². The lowest BCUT2D eigenvalue weighted by atomic mass is 9.93. The first-order valence-electron chi connectivity index (χ1n) is 9.54. The van der Waals surface area contributed by atoms with Gasteiger partial charge in [-0.3, -0.25) is 10.3 Å². The number of phenolic OH excluding ortho intramolecular Hbond substituents is 1. The van der Waals surface area contributed by atoms with Crippen LogP contribution in [0.4, 0.5) is 4.39 Å². The number of phenols is 1. The molecule has 5 rings (SSSR count). The van der Waals surface area contributed by atoms with Gasteiger partial charge in [0.1, 0.15) is 17.7 Å². The van der Waals surface area contributed by atoms with Gasteiger partial charge in [0.15, 0.2) is 11.5 Å². The Morgan fingerprint density at radius 1 is 1.03 bits per heavy atom. The summed E-state index contributed by atoms with van der Waals surface area (Å²) in [5, 5.41) is 13.9. The van der Waals surface area contributed by atoms with Crippen LogP contribution in [0.25, 0.3) is 0 Å². The van der Waals surface area contributed by atoms with Gasteiger partial charge in [-0.1, -0.05) is 24.3 Å². The van der Waals surface area contributed by atoms with Crippen molar-refractivity contribution in [1.29, 1.82) is 0 Å². The smallest absolute Gasteiger partial charge is 0.231 e. The number of halogens is 2. The van der Waals surface area contributed by atoms with Gasteiger partial charge in [-0.15, -0.1) is 0 Å². The third-order valence-electron chi connectivity index (χ3n) is 5.32. The molecule has 2 atom stereocenters. The molecule has 0 aliphatic carbocycles. The van der Waals surface area contributed by atoms with Gasteiger partial charge in [-0.25, -0.2) is 4.39 Å². The van der Waals surface area contributed by atoms with E-state index in [1.54, 1.807) is 24.3 Å². The van der Waals surface area contributed by atoms with Crippen LogP contribution in [0.15, 0.2) is 70.1 Å². The van der Waals surface area contributed by atoms with Crippen molar-refractivity contribution >= 4 is 21.6 Å². The van der Waals surface area contributed by atoms with E-state index in [9.17, 15) is 9.50 Å². The van der Waals surface area contributed by atoms with Crippen LogP contribution in [0.1, 0.15) is 35.3 Å². The highest BCUT2D eigenvalue weighted by Crippen LogP contribution is 2.37. The van der Waals surface area contributed by atoms with E-state index < -0.39 is 6.17 Å². The molecule has 2 unspecified atom stereocenters. The summed E-state index contributed by atoms with van der Waals surface area (Å²) in [4.78, 5) is 4.91. The number of nitrogens with zero attached hydrogens (tertiary/aromatic N) is 1. The molecule has 2 aliphatic heterocycles. The van der Waals surface area contributed by atoms with Crippen LogP contribution in [0.3, 0.4) is 0 Å². The summed E-state index contributed by atoms with van der Waals surface area (Å²) in [6.45, 7) is 0.208. The number of para-hydroxylation sites is 1. The number of rotatable bonds is 3. The minimum atomic E-state index is -0.402. The summed E-state index contributed by atoms with van der Waals surface area (Å²) in [5.41, 5.74) is 3.40. The predicted molar refractivity (Wildman–Crippen MR) is 115 cm³/mol. The molecule has 3 aromatic rings. The molecule has 7 heteroatoms. The van der Waals surface area contributed by atoms with Crippen molar-refractivity contribution in [3.05, 3.63) is 87.6 Å². The lowest BCUT2D eigenvalue weighted by Crippen LogP contribution is -2.33. The number of aliphatic imine (C=N–C) groups is 1. The Bertz CT molecular complexity index is 1150.